The van der Waals surface area contributed by atoms with Gasteiger partial charge in [0.05, 0.1) is 5.69 Å². The van der Waals surface area contributed by atoms with Crippen LogP contribution in [0.5, 0.6) is 0 Å². The Morgan fingerprint density at radius 2 is 1.74 bits per heavy atom. The van der Waals surface area contributed by atoms with Crippen molar-refractivity contribution in [3.63, 3.8) is 0 Å². The van der Waals surface area contributed by atoms with Crippen molar-refractivity contribution in [2.45, 2.75) is 37.1 Å². The normalized spacial score (nSPS) is 24.6. The third-order valence-electron chi connectivity index (χ3n) is 7.93. The van der Waals surface area contributed by atoms with Gasteiger partial charge < -0.3 is 15.1 Å². The molecule has 2 atom stereocenters. The molecule has 0 spiro atoms. The number of carbonyl (C=O) groups excluding carboxylic acids is 1. The lowest BCUT2D eigenvalue weighted by molar-refractivity contribution is -0.153. The van der Waals surface area contributed by atoms with Crippen LogP contribution < -0.4 is 4.90 Å². The minimum atomic E-state index is -2.21. The first kappa shape index (κ1) is 21.1. The summed E-state index contributed by atoms with van der Waals surface area (Å²) in [4.78, 5) is 30.0. The Morgan fingerprint density at radius 1 is 1.03 bits per heavy atom. The molecule has 7 heteroatoms. The number of likely N-dealkylation sites (N-methyl/N-ethyl adjacent to an activating group) is 1. The van der Waals surface area contributed by atoms with Crippen LogP contribution in [-0.2, 0) is 16.9 Å². The second kappa shape index (κ2) is 7.55. The van der Waals surface area contributed by atoms with Crippen molar-refractivity contribution in [1.82, 2.24) is 9.80 Å². The van der Waals surface area contributed by atoms with Gasteiger partial charge in [0, 0.05) is 37.8 Å². The van der Waals surface area contributed by atoms with Gasteiger partial charge in [-0.2, -0.15) is 0 Å². The van der Waals surface area contributed by atoms with E-state index in [9.17, 15) is 19.8 Å². The molecule has 2 aliphatic heterocycles. The number of hydrogen-bond donors (Lipinski definition) is 2. The Bertz CT molecular complexity index is 1310. The molecule has 2 amide bonds. The maximum absolute atomic E-state index is 13.5. The fraction of sp³-hybridized carbons (Fsp3) is 0.333. The predicted octanol–water partition coefficient (Wildman–Crippen LogP) is 3.70. The van der Waals surface area contributed by atoms with Gasteiger partial charge in [0.1, 0.15) is 0 Å². The first-order valence-electron chi connectivity index (χ1n) is 11.8. The van der Waals surface area contributed by atoms with E-state index in [-0.39, 0.29) is 6.04 Å². The highest BCUT2D eigenvalue weighted by molar-refractivity contribution is 6.08. The SMILES string of the molecule is CN(C(=O)O)C1(O)C(=O)N(C2CCN(C3Cc4cccc5cccc3c45)CC2)c2ccccc21. The maximum atomic E-state index is 13.5. The lowest BCUT2D eigenvalue weighted by Gasteiger charge is -2.40. The van der Waals surface area contributed by atoms with Crippen molar-refractivity contribution in [2.75, 3.05) is 25.0 Å². The summed E-state index contributed by atoms with van der Waals surface area (Å²) in [5, 5.41) is 23.5. The number of amides is 2. The number of carboxylic acid groups (broad SMARTS) is 1. The third-order valence-corrected chi connectivity index (χ3v) is 7.93. The minimum Gasteiger partial charge on any atom is -0.465 e. The number of likely N-dealkylation sites (tertiary alicyclic amines) is 1. The molecule has 0 bridgehead atoms. The molecular weight excluding hydrogens is 430 g/mol. The summed E-state index contributed by atoms with van der Waals surface area (Å²) < 4.78 is 0. The smallest absolute Gasteiger partial charge is 0.410 e. The quantitative estimate of drug-likeness (QED) is 0.586. The highest BCUT2D eigenvalue weighted by Crippen LogP contribution is 2.45. The lowest BCUT2D eigenvalue weighted by Crippen LogP contribution is -2.56. The number of anilines is 1. The molecule has 2 N–H and O–H groups in total. The summed E-state index contributed by atoms with van der Waals surface area (Å²) in [6.45, 7) is 1.66. The number of carbonyl (C=O) groups is 2. The average Bonchev–Trinajstić information content (AvgIpc) is 3.34. The number of aliphatic hydroxyl groups is 1. The van der Waals surface area contributed by atoms with Crippen LogP contribution in [0.15, 0.2) is 60.7 Å². The molecule has 34 heavy (non-hydrogen) atoms. The Kier molecular flexibility index (Phi) is 4.69. The van der Waals surface area contributed by atoms with E-state index in [1.807, 2.05) is 6.07 Å². The second-order valence-corrected chi connectivity index (χ2v) is 9.56. The molecule has 0 aromatic heterocycles. The molecule has 1 fully saturated rings. The molecule has 1 saturated heterocycles. The van der Waals surface area contributed by atoms with Crippen molar-refractivity contribution in [3.8, 4) is 0 Å². The molecule has 0 radical (unpaired) electrons. The van der Waals surface area contributed by atoms with Crippen molar-refractivity contribution in [1.29, 1.82) is 0 Å². The highest BCUT2D eigenvalue weighted by Gasteiger charge is 2.56. The highest BCUT2D eigenvalue weighted by atomic mass is 16.4. The Labute approximate surface area is 197 Å². The monoisotopic (exact) mass is 457 g/mol. The van der Waals surface area contributed by atoms with Crippen molar-refractivity contribution < 1.29 is 19.8 Å². The number of benzene rings is 3. The molecule has 1 aliphatic carbocycles. The molecule has 2 unspecified atom stereocenters. The van der Waals surface area contributed by atoms with E-state index in [0.29, 0.717) is 22.2 Å². The molecule has 2 heterocycles. The summed E-state index contributed by atoms with van der Waals surface area (Å²) >= 11 is 0. The zero-order chi connectivity index (χ0) is 23.6. The van der Waals surface area contributed by atoms with Gasteiger partial charge in [0.15, 0.2) is 0 Å². The van der Waals surface area contributed by atoms with Crippen LogP contribution in [0, 0.1) is 0 Å². The molecular formula is C27H27N3O4. The zero-order valence-electron chi connectivity index (χ0n) is 19.0. The Morgan fingerprint density at radius 3 is 2.47 bits per heavy atom. The first-order valence-corrected chi connectivity index (χ1v) is 11.8. The standard InChI is InChI=1S/C27H27N3O4/c1-28(26(32)33)27(34)21-10-2-3-11-22(21)30(25(27)31)19-12-14-29(15-13-19)23-16-18-8-4-6-17-7-5-9-20(23)24(17)18/h2-11,19,23,34H,12-16H2,1H3,(H,32,33). The number of rotatable bonds is 3. The summed E-state index contributed by atoms with van der Waals surface area (Å²) in [6, 6.07) is 20.3. The van der Waals surface area contributed by atoms with Gasteiger partial charge in [-0.25, -0.2) is 4.79 Å². The molecule has 3 aliphatic rings. The van der Waals surface area contributed by atoms with Crippen LogP contribution >= 0.6 is 0 Å². The Balaban J connectivity index is 1.25. The fourth-order valence-electron chi connectivity index (χ4n) is 6.19. The van der Waals surface area contributed by atoms with Crippen LogP contribution in [-0.4, -0.2) is 58.2 Å². The van der Waals surface area contributed by atoms with Gasteiger partial charge >= 0.3 is 6.09 Å². The van der Waals surface area contributed by atoms with E-state index in [1.54, 1.807) is 23.1 Å². The second-order valence-electron chi connectivity index (χ2n) is 9.56. The molecule has 3 aromatic carbocycles. The van der Waals surface area contributed by atoms with Crippen molar-refractivity contribution in [2.24, 2.45) is 0 Å². The van der Waals surface area contributed by atoms with Crippen molar-refractivity contribution in [3.05, 3.63) is 77.4 Å². The van der Waals surface area contributed by atoms with Gasteiger partial charge in [-0.3, -0.25) is 14.6 Å². The zero-order valence-corrected chi connectivity index (χ0v) is 19.0. The van der Waals surface area contributed by atoms with Crippen LogP contribution in [0.25, 0.3) is 10.8 Å². The topological polar surface area (TPSA) is 84.3 Å². The van der Waals surface area contributed by atoms with Crippen LogP contribution in [0.3, 0.4) is 0 Å². The summed E-state index contributed by atoms with van der Waals surface area (Å²) in [7, 11) is 1.24. The van der Waals surface area contributed by atoms with Gasteiger partial charge in [-0.15, -0.1) is 0 Å². The number of fused-ring (bicyclic) bond motifs is 1. The number of piperidine rings is 1. The molecule has 6 rings (SSSR count). The van der Waals surface area contributed by atoms with E-state index in [1.165, 1.54) is 28.9 Å². The van der Waals surface area contributed by atoms with E-state index < -0.39 is 17.7 Å². The molecule has 7 nitrogen and oxygen atoms in total. The van der Waals surface area contributed by atoms with Gasteiger partial charge in [-0.05, 0) is 47.2 Å². The fourth-order valence-corrected chi connectivity index (χ4v) is 6.19. The largest absolute Gasteiger partial charge is 0.465 e. The minimum absolute atomic E-state index is 0.0966. The number of nitrogens with zero attached hydrogens (tertiary/aromatic N) is 3. The number of hydrogen-bond acceptors (Lipinski definition) is 4. The van der Waals surface area contributed by atoms with Gasteiger partial charge in [0.2, 0.25) is 0 Å². The lowest BCUT2D eigenvalue weighted by atomic mass is 9.98. The number of para-hydroxylation sites is 1. The third kappa shape index (κ3) is 2.83. The summed E-state index contributed by atoms with van der Waals surface area (Å²) in [5.41, 5.74) is 1.49. The van der Waals surface area contributed by atoms with Crippen LogP contribution in [0.1, 0.15) is 35.6 Å². The Hall–Kier alpha value is -3.42. The van der Waals surface area contributed by atoms with E-state index >= 15 is 0 Å². The van der Waals surface area contributed by atoms with E-state index in [4.69, 9.17) is 0 Å². The summed E-state index contributed by atoms with van der Waals surface area (Å²) in [6.07, 6.45) is 1.17. The van der Waals surface area contributed by atoms with Gasteiger partial charge in [0.25, 0.3) is 11.6 Å². The van der Waals surface area contributed by atoms with E-state index in [0.717, 1.165) is 32.4 Å². The van der Waals surface area contributed by atoms with Crippen molar-refractivity contribution >= 4 is 28.5 Å². The molecule has 174 valence electrons. The maximum Gasteiger partial charge on any atom is 0.410 e. The summed E-state index contributed by atoms with van der Waals surface area (Å²) in [5.74, 6) is -0.588. The van der Waals surface area contributed by atoms with E-state index in [2.05, 4.69) is 41.3 Å². The van der Waals surface area contributed by atoms with Gasteiger partial charge in [-0.1, -0.05) is 54.6 Å². The average molecular weight is 458 g/mol. The van der Waals surface area contributed by atoms with Crippen LogP contribution in [0.2, 0.25) is 0 Å². The molecule has 3 aromatic rings. The van der Waals surface area contributed by atoms with Crippen LogP contribution in [0.4, 0.5) is 10.5 Å². The predicted molar refractivity (Wildman–Crippen MR) is 129 cm³/mol. The first-order chi connectivity index (χ1) is 16.4. The molecule has 0 saturated carbocycles.